The molecule has 3 aromatic rings. The molecule has 0 spiro atoms. The van der Waals surface area contributed by atoms with E-state index in [1.165, 1.54) is 12.3 Å². The lowest BCUT2D eigenvalue weighted by molar-refractivity contribution is -0.389. The van der Waals surface area contributed by atoms with Crippen molar-refractivity contribution in [2.45, 2.75) is 55.3 Å². The number of piperazine rings is 3. The maximum absolute atomic E-state index is 12.1. The van der Waals surface area contributed by atoms with Crippen LogP contribution in [0.2, 0.25) is 0 Å². The molecule has 0 saturated carbocycles. The van der Waals surface area contributed by atoms with E-state index < -0.39 is 32.5 Å². The number of nitrogens with one attached hydrogen (secondary N) is 1. The van der Waals surface area contributed by atoms with Gasteiger partial charge in [0, 0.05) is 143 Å². The summed E-state index contributed by atoms with van der Waals surface area (Å²) in [5.41, 5.74) is 5.68. The number of hydrogen-bond acceptors (Lipinski definition) is 20. The van der Waals surface area contributed by atoms with Crippen LogP contribution in [0.5, 0.6) is 0 Å². The van der Waals surface area contributed by atoms with E-state index in [1.807, 2.05) is 12.1 Å². The van der Waals surface area contributed by atoms with Gasteiger partial charge in [0.05, 0.1) is 34.4 Å². The number of aliphatic hydroxyl groups is 3. The molecule has 0 amide bonds. The van der Waals surface area contributed by atoms with Crippen LogP contribution in [0, 0.1) is 26.0 Å². The van der Waals surface area contributed by atoms with Crippen molar-refractivity contribution in [1.82, 2.24) is 49.7 Å². The van der Waals surface area contributed by atoms with Crippen LogP contribution in [0.4, 0.5) is 33.2 Å². The monoisotopic (exact) mass is 996 g/mol. The van der Waals surface area contributed by atoms with E-state index in [0.717, 1.165) is 186 Å². The number of likely N-dealkylation sites (N-methyl/N-ethyl adjacent to an activating group) is 3. The molecule has 6 fully saturated rings. The van der Waals surface area contributed by atoms with E-state index in [0.29, 0.717) is 25.5 Å². The second kappa shape index (κ2) is 26.2. The minimum Gasteiger partial charge on any atom is -0.387 e. The average molecular weight is 996 g/mol. The SMILES string of the molecule is CN1CCN(CC2(O)CCCN(c3ccc(N)nc3)C2)CC1.CN1CCN(CC2(O)CCCN(c3ccc([N+](=O)[O-])nc3)C2)CC1.CN1CCN(CC2(O)CCCNC2)CC1.O=[N+]([O-])c1ccc(F)cn1. The van der Waals surface area contributed by atoms with Gasteiger partial charge in [-0.25, -0.2) is 9.37 Å². The van der Waals surface area contributed by atoms with Gasteiger partial charge in [-0.05, 0) is 110 Å². The third-order valence-corrected chi connectivity index (χ3v) is 14.2. The highest BCUT2D eigenvalue weighted by atomic mass is 19.1. The molecular weight excluding hydrogens is 918 g/mol. The molecule has 0 bridgehead atoms. The second-order valence-electron chi connectivity index (χ2n) is 20.4. The Balaban J connectivity index is 0.000000162. The molecule has 0 aliphatic carbocycles. The molecule has 3 unspecified atom stereocenters. The molecule has 0 radical (unpaired) electrons. The summed E-state index contributed by atoms with van der Waals surface area (Å²) in [4.78, 5) is 49.1. The molecule has 23 heteroatoms. The summed E-state index contributed by atoms with van der Waals surface area (Å²) < 4.78 is 12.1. The standard InChI is InChI=1S/C16H25N5O3.C16H27N5O.C11H23N3O.C5H3FN2O2/c1-18-7-9-19(10-8-18)12-16(22)5-2-6-20(13-16)14-3-4-15(17-11-14)21(23)24;1-19-7-9-20(10-8-19)12-16(22)5-2-6-21(13-16)14-3-4-15(17)18-11-14;1-13-5-7-14(8-6-13)10-11(15)3-2-4-12-9-11;6-4-1-2-5(7-3-4)8(9)10/h3-4,11,22H,2,5-10,12-13H2,1H3;3-4,11,22H,2,5-10,12-13H2,1H3,(H2,17,18);12,15H,2-10H2,1H3;1-3H. The van der Waals surface area contributed by atoms with Gasteiger partial charge in [-0.1, -0.05) is 0 Å². The zero-order chi connectivity index (χ0) is 51.0. The van der Waals surface area contributed by atoms with Crippen molar-refractivity contribution in [3.63, 3.8) is 0 Å². The predicted octanol–water partition coefficient (Wildman–Crippen LogP) is 1.29. The number of nitrogens with two attached hydrogens (primary N) is 1. The Bertz CT molecular complexity index is 2070. The highest BCUT2D eigenvalue weighted by Crippen LogP contribution is 2.29. The van der Waals surface area contributed by atoms with Crippen molar-refractivity contribution >= 4 is 28.8 Å². The summed E-state index contributed by atoms with van der Waals surface area (Å²) in [5.74, 6) is -0.538. The number of anilines is 3. The van der Waals surface area contributed by atoms with Gasteiger partial charge in [0.25, 0.3) is 0 Å². The van der Waals surface area contributed by atoms with Gasteiger partial charge in [-0.3, -0.25) is 14.7 Å². The first-order valence-corrected chi connectivity index (χ1v) is 25.1. The van der Waals surface area contributed by atoms with Gasteiger partial charge in [0.2, 0.25) is 0 Å². The normalized spacial score (nSPS) is 26.5. The summed E-state index contributed by atoms with van der Waals surface area (Å²) in [6.07, 6.45) is 9.76. The maximum atomic E-state index is 12.1. The fourth-order valence-electron chi connectivity index (χ4n) is 10.0. The minimum absolute atomic E-state index is 0.150. The second-order valence-corrected chi connectivity index (χ2v) is 20.4. The van der Waals surface area contributed by atoms with Gasteiger partial charge < -0.3 is 71.1 Å². The Morgan fingerprint density at radius 2 is 0.986 bits per heavy atom. The molecule has 6 saturated heterocycles. The number of nitrogens with zero attached hydrogens (tertiary/aromatic N) is 13. The lowest BCUT2D eigenvalue weighted by atomic mass is 9.91. The molecule has 22 nitrogen and oxygen atoms in total. The van der Waals surface area contributed by atoms with Crippen LogP contribution in [0.25, 0.3) is 0 Å². The van der Waals surface area contributed by atoms with Crippen LogP contribution in [-0.2, 0) is 0 Å². The molecule has 9 rings (SSSR count). The zero-order valence-electron chi connectivity index (χ0n) is 42.0. The van der Waals surface area contributed by atoms with Crippen LogP contribution >= 0.6 is 0 Å². The molecule has 394 valence electrons. The Kier molecular flexibility index (Phi) is 20.5. The summed E-state index contributed by atoms with van der Waals surface area (Å²) in [6, 6.07) is 8.95. The number of rotatable bonds is 10. The highest BCUT2D eigenvalue weighted by Gasteiger charge is 2.38. The molecular formula is C48H78FN15O7. The van der Waals surface area contributed by atoms with Crippen molar-refractivity contribution in [1.29, 1.82) is 0 Å². The minimum atomic E-state index is -0.740. The summed E-state index contributed by atoms with van der Waals surface area (Å²) in [5, 5.41) is 56.4. The average Bonchev–Trinajstić information content (AvgIpc) is 3.35. The number of pyridine rings is 3. The summed E-state index contributed by atoms with van der Waals surface area (Å²) >= 11 is 0. The zero-order valence-corrected chi connectivity index (χ0v) is 42.0. The Labute approximate surface area is 417 Å². The molecule has 6 aliphatic rings. The van der Waals surface area contributed by atoms with Gasteiger partial charge in [0.15, 0.2) is 18.2 Å². The number of aromatic nitrogens is 3. The highest BCUT2D eigenvalue weighted by molar-refractivity contribution is 5.49. The number of halogens is 1. The van der Waals surface area contributed by atoms with E-state index in [-0.39, 0.29) is 11.6 Å². The third kappa shape index (κ3) is 18.0. The van der Waals surface area contributed by atoms with Crippen molar-refractivity contribution in [2.24, 2.45) is 0 Å². The maximum Gasteiger partial charge on any atom is 0.363 e. The van der Waals surface area contributed by atoms with E-state index >= 15 is 0 Å². The van der Waals surface area contributed by atoms with Crippen LogP contribution in [0.1, 0.15) is 38.5 Å². The quantitative estimate of drug-likeness (QED) is 0.142. The molecule has 6 N–H and O–H groups in total. The number of hydrogen-bond donors (Lipinski definition) is 5. The molecule has 3 atom stereocenters. The Morgan fingerprint density at radius 1 is 0.577 bits per heavy atom. The molecule has 0 aromatic carbocycles. The number of piperidine rings is 3. The first kappa shape index (κ1) is 55.5. The van der Waals surface area contributed by atoms with E-state index in [2.05, 4.69) is 80.6 Å². The van der Waals surface area contributed by atoms with Gasteiger partial charge in [0.1, 0.15) is 5.82 Å². The fraction of sp³-hybridized carbons (Fsp3) is 0.688. The Hall–Kier alpha value is -4.82. The van der Waals surface area contributed by atoms with Crippen molar-refractivity contribution in [3.8, 4) is 0 Å². The smallest absolute Gasteiger partial charge is 0.363 e. The Morgan fingerprint density at radius 3 is 1.35 bits per heavy atom. The number of nitro groups is 2. The van der Waals surface area contributed by atoms with Crippen LogP contribution in [0.3, 0.4) is 0 Å². The fourth-order valence-corrected chi connectivity index (χ4v) is 10.0. The first-order valence-electron chi connectivity index (χ1n) is 25.1. The van der Waals surface area contributed by atoms with Gasteiger partial charge >= 0.3 is 11.6 Å². The first-order chi connectivity index (χ1) is 33.9. The molecule has 3 aromatic heterocycles. The number of nitrogen functional groups attached to an aromatic ring is 1. The predicted molar refractivity (Wildman–Crippen MR) is 272 cm³/mol. The van der Waals surface area contributed by atoms with Gasteiger partial charge in [-0.15, -0.1) is 0 Å². The van der Waals surface area contributed by atoms with E-state index in [9.17, 15) is 39.9 Å². The van der Waals surface area contributed by atoms with Crippen LogP contribution < -0.4 is 20.9 Å². The van der Waals surface area contributed by atoms with Crippen molar-refractivity contribution in [3.05, 3.63) is 81.0 Å². The largest absolute Gasteiger partial charge is 0.387 e. The van der Waals surface area contributed by atoms with E-state index in [4.69, 9.17) is 5.73 Å². The lowest BCUT2D eigenvalue weighted by Crippen LogP contribution is -2.57. The summed E-state index contributed by atoms with van der Waals surface area (Å²) in [6.45, 7) is 19.9. The topological polar surface area (TPSA) is 250 Å². The summed E-state index contributed by atoms with van der Waals surface area (Å²) in [7, 11) is 6.44. The van der Waals surface area contributed by atoms with Crippen LogP contribution in [-0.4, -0.2) is 245 Å². The number of β-amino-alcohol motifs (C(OH)–C–C–N with tert-alkyl or cyclic N) is 3. The molecule has 6 aliphatic heterocycles. The lowest BCUT2D eigenvalue weighted by Gasteiger charge is -2.44. The van der Waals surface area contributed by atoms with E-state index in [1.54, 1.807) is 12.3 Å². The van der Waals surface area contributed by atoms with Crippen LogP contribution in [0.15, 0.2) is 55.0 Å². The third-order valence-electron chi connectivity index (χ3n) is 14.2. The molecule has 71 heavy (non-hydrogen) atoms. The molecule has 9 heterocycles. The van der Waals surface area contributed by atoms with Gasteiger partial charge in [-0.2, -0.15) is 0 Å². The van der Waals surface area contributed by atoms with Crippen molar-refractivity contribution < 1.29 is 29.6 Å². The van der Waals surface area contributed by atoms with Crippen molar-refractivity contribution in [2.75, 3.05) is 174 Å².